The number of ether oxygens (including phenoxy) is 2. The molecule has 8 nitrogen and oxygen atoms in total. The predicted octanol–water partition coefficient (Wildman–Crippen LogP) is -0.221. The number of carbonyl (C=O) groups is 2. The highest BCUT2D eigenvalue weighted by molar-refractivity contribution is 6.39. The van der Waals surface area contributed by atoms with E-state index in [4.69, 9.17) is 14.6 Å². The van der Waals surface area contributed by atoms with E-state index >= 15 is 0 Å². The maximum atomic E-state index is 12.3. The van der Waals surface area contributed by atoms with E-state index in [1.807, 2.05) is 4.90 Å². The summed E-state index contributed by atoms with van der Waals surface area (Å²) in [7, 11) is 3.01. The second-order valence-electron chi connectivity index (χ2n) is 5.38. The van der Waals surface area contributed by atoms with E-state index in [2.05, 4.69) is 5.32 Å². The number of hydrogen-bond donors (Lipinski definition) is 2. The fraction of sp³-hybridized carbons (Fsp3) is 0.500. The summed E-state index contributed by atoms with van der Waals surface area (Å²) in [6.45, 7) is 2.89. The summed E-state index contributed by atoms with van der Waals surface area (Å²) >= 11 is 0. The maximum Gasteiger partial charge on any atom is 0.314 e. The minimum absolute atomic E-state index is 0.0890. The van der Waals surface area contributed by atoms with Crippen molar-refractivity contribution in [3.05, 3.63) is 18.2 Å². The third-order valence-corrected chi connectivity index (χ3v) is 3.93. The van der Waals surface area contributed by atoms with Crippen LogP contribution in [0.3, 0.4) is 0 Å². The molecule has 132 valence electrons. The Morgan fingerprint density at radius 3 is 2.46 bits per heavy atom. The van der Waals surface area contributed by atoms with Crippen LogP contribution in [0.25, 0.3) is 0 Å². The summed E-state index contributed by atoms with van der Waals surface area (Å²) in [5.41, 5.74) is 0.413. The zero-order valence-corrected chi connectivity index (χ0v) is 13.9. The Balaban J connectivity index is 1.96. The average Bonchev–Trinajstić information content (AvgIpc) is 2.62. The molecule has 2 N–H and O–H groups in total. The number of methoxy groups -OCH3 is 2. The molecule has 0 unspecified atom stereocenters. The molecule has 8 heteroatoms. The molecule has 1 saturated heterocycles. The van der Waals surface area contributed by atoms with Gasteiger partial charge < -0.3 is 24.8 Å². The number of aliphatic hydroxyl groups is 1. The molecule has 1 aromatic carbocycles. The number of hydrogen-bond acceptors (Lipinski definition) is 6. The number of piperazine rings is 1. The number of rotatable bonds is 5. The van der Waals surface area contributed by atoms with Gasteiger partial charge in [0.2, 0.25) is 0 Å². The molecule has 0 saturated carbocycles. The Kier molecular flexibility index (Phi) is 6.39. The van der Waals surface area contributed by atoms with Crippen LogP contribution in [0.4, 0.5) is 5.69 Å². The summed E-state index contributed by atoms with van der Waals surface area (Å²) in [5, 5.41) is 11.5. The lowest BCUT2D eigenvalue weighted by molar-refractivity contribution is -0.144. The number of benzene rings is 1. The van der Waals surface area contributed by atoms with Gasteiger partial charge in [-0.1, -0.05) is 0 Å². The normalized spacial score (nSPS) is 15.0. The number of nitrogens with one attached hydrogen (secondary N) is 1. The van der Waals surface area contributed by atoms with Crippen LogP contribution < -0.4 is 14.8 Å². The third-order valence-electron chi connectivity index (χ3n) is 3.93. The van der Waals surface area contributed by atoms with Gasteiger partial charge in [0.05, 0.1) is 26.5 Å². The molecule has 2 amide bonds. The summed E-state index contributed by atoms with van der Waals surface area (Å²) in [6.07, 6.45) is 0. The lowest BCUT2D eigenvalue weighted by atomic mass is 10.2. The summed E-state index contributed by atoms with van der Waals surface area (Å²) in [4.78, 5) is 28.0. The molecule has 1 heterocycles. The van der Waals surface area contributed by atoms with Crippen molar-refractivity contribution in [3.8, 4) is 11.5 Å². The van der Waals surface area contributed by atoms with E-state index in [1.165, 1.54) is 19.1 Å². The molecule has 1 aliphatic heterocycles. The van der Waals surface area contributed by atoms with Crippen molar-refractivity contribution in [2.45, 2.75) is 0 Å². The first-order valence-corrected chi connectivity index (χ1v) is 7.74. The van der Waals surface area contributed by atoms with E-state index in [0.717, 1.165) is 0 Å². The van der Waals surface area contributed by atoms with Gasteiger partial charge >= 0.3 is 11.8 Å². The number of β-amino-alcohol motifs (C(OH)–C–C–N with tert-alkyl or cyclic N) is 1. The molecule has 1 aliphatic rings. The van der Waals surface area contributed by atoms with E-state index in [0.29, 0.717) is 49.9 Å². The van der Waals surface area contributed by atoms with Crippen LogP contribution in [0.1, 0.15) is 0 Å². The smallest absolute Gasteiger partial charge is 0.314 e. The number of nitrogens with zero attached hydrogens (tertiary/aromatic N) is 2. The standard InChI is InChI=1S/C16H23N3O5/c1-23-12-3-4-13(14(11-12)24-2)17-15(21)16(22)19-7-5-18(6-8-19)9-10-20/h3-4,11,20H,5-10H2,1-2H3,(H,17,21). The molecule has 2 rings (SSSR count). The number of carbonyl (C=O) groups excluding carboxylic acids is 2. The first kappa shape index (κ1) is 18.0. The van der Waals surface area contributed by atoms with Gasteiger partial charge in [-0.25, -0.2) is 0 Å². The van der Waals surface area contributed by atoms with Crippen LogP contribution in [0.15, 0.2) is 18.2 Å². The van der Waals surface area contributed by atoms with Gasteiger partial charge in [-0.2, -0.15) is 0 Å². The Hall–Kier alpha value is -2.32. The van der Waals surface area contributed by atoms with Crippen LogP contribution in [0.2, 0.25) is 0 Å². The number of amides is 2. The summed E-state index contributed by atoms with van der Waals surface area (Å²) < 4.78 is 10.3. The average molecular weight is 337 g/mol. The SMILES string of the molecule is COc1ccc(NC(=O)C(=O)N2CCN(CCO)CC2)c(OC)c1. The molecule has 1 fully saturated rings. The molecule has 0 atom stereocenters. The number of aliphatic hydroxyl groups excluding tert-OH is 1. The van der Waals surface area contributed by atoms with Crippen molar-refractivity contribution >= 4 is 17.5 Å². The molecule has 0 aromatic heterocycles. The fourth-order valence-electron chi connectivity index (χ4n) is 2.54. The first-order chi connectivity index (χ1) is 11.6. The largest absolute Gasteiger partial charge is 0.497 e. The van der Waals surface area contributed by atoms with Crippen molar-refractivity contribution in [3.63, 3.8) is 0 Å². The quantitative estimate of drug-likeness (QED) is 0.722. The molecule has 0 bridgehead atoms. The summed E-state index contributed by atoms with van der Waals surface area (Å²) in [6, 6.07) is 4.94. The van der Waals surface area contributed by atoms with Crippen LogP contribution >= 0.6 is 0 Å². The topological polar surface area (TPSA) is 91.3 Å². The molecule has 1 aromatic rings. The highest BCUT2D eigenvalue weighted by Crippen LogP contribution is 2.29. The van der Waals surface area contributed by atoms with Crippen LogP contribution in [0.5, 0.6) is 11.5 Å². The van der Waals surface area contributed by atoms with Gasteiger partial charge in [-0.05, 0) is 12.1 Å². The Labute approximate surface area is 140 Å². The minimum Gasteiger partial charge on any atom is -0.497 e. The molecule has 0 aliphatic carbocycles. The van der Waals surface area contributed by atoms with Crippen molar-refractivity contribution in [1.82, 2.24) is 9.80 Å². The second kappa shape index (κ2) is 8.51. The van der Waals surface area contributed by atoms with Gasteiger partial charge in [0, 0.05) is 38.8 Å². The molecule has 0 radical (unpaired) electrons. The van der Waals surface area contributed by atoms with Gasteiger partial charge in [-0.3, -0.25) is 14.5 Å². The zero-order valence-electron chi connectivity index (χ0n) is 13.9. The van der Waals surface area contributed by atoms with Gasteiger partial charge in [-0.15, -0.1) is 0 Å². The van der Waals surface area contributed by atoms with Crippen molar-refractivity contribution in [2.24, 2.45) is 0 Å². The van der Waals surface area contributed by atoms with Gasteiger partial charge in [0.1, 0.15) is 11.5 Å². The van der Waals surface area contributed by atoms with E-state index in [9.17, 15) is 9.59 Å². The van der Waals surface area contributed by atoms with Gasteiger partial charge in [0.25, 0.3) is 0 Å². The molecule has 24 heavy (non-hydrogen) atoms. The van der Waals surface area contributed by atoms with Crippen LogP contribution in [0, 0.1) is 0 Å². The minimum atomic E-state index is -0.700. The van der Waals surface area contributed by atoms with E-state index in [-0.39, 0.29) is 6.61 Å². The van der Waals surface area contributed by atoms with Crippen LogP contribution in [-0.2, 0) is 9.59 Å². The monoisotopic (exact) mass is 337 g/mol. The predicted molar refractivity (Wildman–Crippen MR) is 88.3 cm³/mol. The summed E-state index contributed by atoms with van der Waals surface area (Å²) in [5.74, 6) is -0.259. The van der Waals surface area contributed by atoms with Crippen molar-refractivity contribution < 1.29 is 24.2 Å². The highest BCUT2D eigenvalue weighted by atomic mass is 16.5. The van der Waals surface area contributed by atoms with Crippen molar-refractivity contribution in [2.75, 3.05) is 58.9 Å². The molecular formula is C16H23N3O5. The first-order valence-electron chi connectivity index (χ1n) is 7.74. The lowest BCUT2D eigenvalue weighted by Crippen LogP contribution is -2.52. The number of anilines is 1. The highest BCUT2D eigenvalue weighted by Gasteiger charge is 2.26. The van der Waals surface area contributed by atoms with Crippen molar-refractivity contribution in [1.29, 1.82) is 0 Å². The van der Waals surface area contributed by atoms with Gasteiger partial charge in [0.15, 0.2) is 0 Å². The Bertz CT molecular complexity index is 585. The van der Waals surface area contributed by atoms with Crippen LogP contribution in [-0.4, -0.2) is 80.3 Å². The zero-order chi connectivity index (χ0) is 17.5. The molecule has 0 spiro atoms. The third kappa shape index (κ3) is 4.36. The maximum absolute atomic E-state index is 12.3. The lowest BCUT2D eigenvalue weighted by Gasteiger charge is -2.33. The second-order valence-corrected chi connectivity index (χ2v) is 5.38. The molecular weight excluding hydrogens is 314 g/mol. The Morgan fingerprint density at radius 1 is 1.17 bits per heavy atom. The van der Waals surface area contributed by atoms with E-state index < -0.39 is 11.8 Å². The Morgan fingerprint density at radius 2 is 1.88 bits per heavy atom. The fourth-order valence-corrected chi connectivity index (χ4v) is 2.54. The van der Waals surface area contributed by atoms with E-state index in [1.54, 1.807) is 18.2 Å².